The zero-order chi connectivity index (χ0) is 15.7. The first-order valence-corrected chi connectivity index (χ1v) is 6.39. The number of nitrogens with zero attached hydrogens (tertiary/aromatic N) is 2. The van der Waals surface area contributed by atoms with Gasteiger partial charge < -0.3 is 20.0 Å². The zero-order valence-corrected chi connectivity index (χ0v) is 11.7. The normalized spacial score (nSPS) is 17.9. The summed E-state index contributed by atoms with van der Waals surface area (Å²) in [7, 11) is 3.10. The molecule has 1 aliphatic rings. The van der Waals surface area contributed by atoms with Crippen LogP contribution in [-0.2, 0) is 9.59 Å². The lowest BCUT2D eigenvalue weighted by molar-refractivity contribution is -0.141. The fourth-order valence-electron chi connectivity index (χ4n) is 2.23. The Morgan fingerprint density at radius 2 is 2.00 bits per heavy atom. The molecule has 1 aromatic rings. The van der Waals surface area contributed by atoms with Crippen LogP contribution in [0.3, 0.4) is 0 Å². The summed E-state index contributed by atoms with van der Waals surface area (Å²) < 4.78 is 0. The van der Waals surface area contributed by atoms with E-state index in [0.29, 0.717) is 5.69 Å². The molecule has 0 aliphatic carbocycles. The van der Waals surface area contributed by atoms with E-state index < -0.39 is 17.8 Å². The van der Waals surface area contributed by atoms with Crippen molar-refractivity contribution in [2.24, 2.45) is 5.92 Å². The average Bonchev–Trinajstić information content (AvgIpc) is 2.81. The molecule has 1 heterocycles. The highest BCUT2D eigenvalue weighted by Gasteiger charge is 2.35. The minimum atomic E-state index is -1.02. The molecule has 7 nitrogen and oxygen atoms in total. The van der Waals surface area contributed by atoms with Gasteiger partial charge in [0.15, 0.2) is 0 Å². The average molecular weight is 292 g/mol. The summed E-state index contributed by atoms with van der Waals surface area (Å²) in [6.07, 6.45) is -0.0623. The molecule has 0 radical (unpaired) electrons. The smallest absolute Gasteiger partial charge is 0.308 e. The summed E-state index contributed by atoms with van der Waals surface area (Å²) in [5, 5.41) is 18.7. The standard InChI is InChI=1S/C14H16N2O5/c1-15(2)13(19)10-6-9(3-4-11(10)17)16-7-8(14(20)21)5-12(16)18/h3-4,6,8,17H,5,7H2,1-2H3,(H,20,21). The first-order chi connectivity index (χ1) is 9.81. The monoisotopic (exact) mass is 292 g/mol. The fraction of sp³-hybridized carbons (Fsp3) is 0.357. The number of carboxylic acids is 1. The number of aliphatic carboxylic acids is 1. The van der Waals surface area contributed by atoms with E-state index >= 15 is 0 Å². The van der Waals surface area contributed by atoms with Crippen LogP contribution in [0.1, 0.15) is 16.8 Å². The van der Waals surface area contributed by atoms with E-state index in [1.807, 2.05) is 0 Å². The van der Waals surface area contributed by atoms with E-state index in [4.69, 9.17) is 5.11 Å². The van der Waals surface area contributed by atoms with Gasteiger partial charge in [-0.2, -0.15) is 0 Å². The number of hydrogen-bond donors (Lipinski definition) is 2. The summed E-state index contributed by atoms with van der Waals surface area (Å²) in [6.45, 7) is 0.0640. The molecule has 2 N–H and O–H groups in total. The van der Waals surface area contributed by atoms with E-state index in [0.717, 1.165) is 0 Å². The molecule has 2 amide bonds. The number of anilines is 1. The number of carbonyl (C=O) groups excluding carboxylic acids is 2. The lowest BCUT2D eigenvalue weighted by Gasteiger charge is -2.18. The summed E-state index contributed by atoms with van der Waals surface area (Å²) in [5.74, 6) is -2.65. The molecular formula is C14H16N2O5. The molecule has 1 atom stereocenters. The van der Waals surface area contributed by atoms with Crippen LogP contribution >= 0.6 is 0 Å². The first kappa shape index (κ1) is 14.8. The Balaban J connectivity index is 2.33. The molecule has 1 fully saturated rings. The second-order valence-electron chi connectivity index (χ2n) is 5.14. The van der Waals surface area contributed by atoms with E-state index in [9.17, 15) is 19.5 Å². The molecule has 0 aromatic heterocycles. The predicted molar refractivity (Wildman–Crippen MR) is 74.2 cm³/mol. The van der Waals surface area contributed by atoms with E-state index in [1.165, 1.54) is 28.0 Å². The van der Waals surface area contributed by atoms with Crippen LogP contribution in [0.4, 0.5) is 5.69 Å². The van der Waals surface area contributed by atoms with Crippen LogP contribution in [0.2, 0.25) is 0 Å². The number of aromatic hydroxyl groups is 1. The summed E-state index contributed by atoms with van der Waals surface area (Å²) in [6, 6.07) is 4.22. The van der Waals surface area contributed by atoms with Crippen molar-refractivity contribution in [3.63, 3.8) is 0 Å². The van der Waals surface area contributed by atoms with Crippen LogP contribution in [0.25, 0.3) is 0 Å². The van der Waals surface area contributed by atoms with Gasteiger partial charge in [-0.1, -0.05) is 0 Å². The molecule has 1 saturated heterocycles. The van der Waals surface area contributed by atoms with Crippen molar-refractivity contribution in [3.05, 3.63) is 23.8 Å². The topological polar surface area (TPSA) is 98.2 Å². The fourth-order valence-corrected chi connectivity index (χ4v) is 2.23. The summed E-state index contributed by atoms with van der Waals surface area (Å²) in [5.41, 5.74) is 0.482. The lowest BCUT2D eigenvalue weighted by Crippen LogP contribution is -2.27. The van der Waals surface area contributed by atoms with Crippen molar-refractivity contribution in [3.8, 4) is 5.75 Å². The van der Waals surface area contributed by atoms with Gasteiger partial charge in [0, 0.05) is 32.7 Å². The van der Waals surface area contributed by atoms with Gasteiger partial charge >= 0.3 is 5.97 Å². The summed E-state index contributed by atoms with van der Waals surface area (Å²) >= 11 is 0. The second kappa shape index (κ2) is 5.43. The first-order valence-electron chi connectivity index (χ1n) is 6.39. The maximum atomic E-state index is 12.0. The second-order valence-corrected chi connectivity index (χ2v) is 5.14. The molecule has 2 rings (SSSR count). The molecular weight excluding hydrogens is 276 g/mol. The van der Waals surface area contributed by atoms with Crippen molar-refractivity contribution in [2.45, 2.75) is 6.42 Å². The van der Waals surface area contributed by atoms with Gasteiger partial charge in [-0.15, -0.1) is 0 Å². The SMILES string of the molecule is CN(C)C(=O)c1cc(N2CC(C(=O)O)CC2=O)ccc1O. The number of phenolic OH excluding ortho intramolecular Hbond substituents is 1. The molecule has 1 aromatic carbocycles. The number of phenols is 1. The number of rotatable bonds is 3. The number of amides is 2. The van der Waals surface area contributed by atoms with E-state index in [-0.39, 0.29) is 30.2 Å². The van der Waals surface area contributed by atoms with Crippen molar-refractivity contribution < 1.29 is 24.6 Å². The molecule has 0 spiro atoms. The quantitative estimate of drug-likeness (QED) is 0.847. The van der Waals surface area contributed by atoms with Gasteiger partial charge in [-0.05, 0) is 18.2 Å². The zero-order valence-electron chi connectivity index (χ0n) is 11.7. The maximum absolute atomic E-state index is 12.0. The van der Waals surface area contributed by atoms with Crippen LogP contribution in [0.5, 0.6) is 5.75 Å². The summed E-state index contributed by atoms with van der Waals surface area (Å²) in [4.78, 5) is 37.4. The predicted octanol–water partition coefficient (Wildman–Crippen LogP) is 0.531. The third kappa shape index (κ3) is 2.81. The highest BCUT2D eigenvalue weighted by atomic mass is 16.4. The number of carboxylic acid groups (broad SMARTS) is 1. The Morgan fingerprint density at radius 3 is 2.52 bits per heavy atom. The molecule has 1 unspecified atom stereocenters. The third-order valence-electron chi connectivity index (χ3n) is 3.40. The Bertz CT molecular complexity index is 611. The number of benzene rings is 1. The van der Waals surface area contributed by atoms with E-state index in [2.05, 4.69) is 0 Å². The molecule has 0 saturated carbocycles. The highest BCUT2D eigenvalue weighted by Crippen LogP contribution is 2.29. The van der Waals surface area contributed by atoms with Gasteiger partial charge in [0.25, 0.3) is 5.91 Å². The van der Waals surface area contributed by atoms with Gasteiger partial charge in [0.1, 0.15) is 5.75 Å². The van der Waals surface area contributed by atoms with Crippen molar-refractivity contribution in [1.29, 1.82) is 0 Å². The Kier molecular flexibility index (Phi) is 3.84. The van der Waals surface area contributed by atoms with Crippen molar-refractivity contribution in [2.75, 3.05) is 25.5 Å². The van der Waals surface area contributed by atoms with E-state index in [1.54, 1.807) is 14.1 Å². The minimum absolute atomic E-state index is 0.0623. The molecule has 112 valence electrons. The van der Waals surface area contributed by atoms with Crippen LogP contribution in [-0.4, -0.2) is 53.5 Å². The maximum Gasteiger partial charge on any atom is 0.308 e. The number of carbonyl (C=O) groups is 3. The number of hydrogen-bond acceptors (Lipinski definition) is 4. The molecule has 21 heavy (non-hydrogen) atoms. The Morgan fingerprint density at radius 1 is 1.33 bits per heavy atom. The van der Waals surface area contributed by atoms with Gasteiger partial charge in [0.2, 0.25) is 5.91 Å². The van der Waals surface area contributed by atoms with Gasteiger partial charge in [-0.25, -0.2) is 0 Å². The van der Waals surface area contributed by atoms with Crippen LogP contribution in [0, 0.1) is 5.92 Å². The van der Waals surface area contributed by atoms with Crippen molar-refractivity contribution in [1.82, 2.24) is 4.90 Å². The van der Waals surface area contributed by atoms with Crippen LogP contribution < -0.4 is 4.90 Å². The largest absolute Gasteiger partial charge is 0.507 e. The molecule has 1 aliphatic heterocycles. The lowest BCUT2D eigenvalue weighted by atomic mass is 10.1. The van der Waals surface area contributed by atoms with Gasteiger partial charge in [0.05, 0.1) is 11.5 Å². The van der Waals surface area contributed by atoms with Crippen LogP contribution in [0.15, 0.2) is 18.2 Å². The molecule has 7 heteroatoms. The Hall–Kier alpha value is -2.57. The molecule has 0 bridgehead atoms. The third-order valence-corrected chi connectivity index (χ3v) is 3.40. The highest BCUT2D eigenvalue weighted by molar-refractivity contribution is 6.02. The van der Waals surface area contributed by atoms with Crippen molar-refractivity contribution >= 4 is 23.5 Å². The van der Waals surface area contributed by atoms with Gasteiger partial charge in [-0.3, -0.25) is 14.4 Å². The minimum Gasteiger partial charge on any atom is -0.507 e. The Labute approximate surface area is 121 Å².